The van der Waals surface area contributed by atoms with Crippen LogP contribution in [0.1, 0.15) is 6.92 Å². The van der Waals surface area contributed by atoms with E-state index in [0.717, 1.165) is 6.92 Å². The van der Waals surface area contributed by atoms with Crippen molar-refractivity contribution in [3.63, 3.8) is 0 Å². The van der Waals surface area contributed by atoms with Crippen molar-refractivity contribution in [3.8, 4) is 0 Å². The molecule has 0 aromatic carbocycles. The van der Waals surface area contributed by atoms with Crippen molar-refractivity contribution in [2.45, 2.75) is 6.92 Å². The maximum atomic E-state index is 11.3. The summed E-state index contributed by atoms with van der Waals surface area (Å²) in [4.78, 5) is 47.9. The Bertz CT molecular complexity index is 546. The summed E-state index contributed by atoms with van der Waals surface area (Å²) in [7, 11) is -9.40. The third-order valence-corrected chi connectivity index (χ3v) is 2.93. The molecule has 1 unspecified atom stereocenters. The second-order valence-corrected chi connectivity index (χ2v) is 6.02. The molecular formula is C9H14O11P2. The molecular weight excluding hydrogens is 346 g/mol. The summed E-state index contributed by atoms with van der Waals surface area (Å²) >= 11 is 0. The van der Waals surface area contributed by atoms with Gasteiger partial charge in [-0.15, -0.1) is 0 Å². The summed E-state index contributed by atoms with van der Waals surface area (Å²) in [6.45, 7) is 3.10. The van der Waals surface area contributed by atoms with Gasteiger partial charge in [0, 0.05) is 6.08 Å². The highest BCUT2D eigenvalue weighted by Crippen LogP contribution is 2.43. The maximum absolute atomic E-state index is 11.3. The van der Waals surface area contributed by atoms with Crippen LogP contribution in [0.2, 0.25) is 0 Å². The van der Waals surface area contributed by atoms with Crippen molar-refractivity contribution in [2.24, 2.45) is 0 Å². The lowest BCUT2D eigenvalue weighted by molar-refractivity contribution is -0.140. The topological polar surface area (TPSA) is 166 Å². The number of hydrogen-bond acceptors (Lipinski definition) is 8. The average molecular weight is 360 g/mol. The molecule has 0 aliphatic carbocycles. The number of carbonyl (C=O) groups is 2. The SMILES string of the molecule is C=CC(=O)OP(=O)(O)OCCOC(=O)C(C)=COP(=O)(O)O. The van der Waals surface area contributed by atoms with Gasteiger partial charge in [-0.25, -0.2) is 18.7 Å². The smallest absolute Gasteiger partial charge is 0.460 e. The summed E-state index contributed by atoms with van der Waals surface area (Å²) in [5.74, 6) is -2.18. The van der Waals surface area contributed by atoms with Crippen LogP contribution < -0.4 is 0 Å². The number of rotatable bonds is 9. The van der Waals surface area contributed by atoms with Crippen LogP contribution in [0.4, 0.5) is 0 Å². The Morgan fingerprint density at radius 1 is 1.18 bits per heavy atom. The van der Waals surface area contributed by atoms with Crippen LogP contribution in [-0.4, -0.2) is 39.8 Å². The fraction of sp³-hybridized carbons (Fsp3) is 0.333. The zero-order valence-corrected chi connectivity index (χ0v) is 13.1. The highest BCUT2D eigenvalue weighted by molar-refractivity contribution is 7.48. The minimum atomic E-state index is -4.77. The molecule has 3 N–H and O–H groups in total. The molecule has 0 saturated heterocycles. The normalized spacial score (nSPS) is 14.6. The summed E-state index contributed by atoms with van der Waals surface area (Å²) in [5.41, 5.74) is -0.270. The van der Waals surface area contributed by atoms with Gasteiger partial charge >= 0.3 is 27.6 Å². The summed E-state index contributed by atoms with van der Waals surface area (Å²) in [6.07, 6.45) is 1.16. The lowest BCUT2D eigenvalue weighted by atomic mass is 10.3. The van der Waals surface area contributed by atoms with Crippen molar-refractivity contribution < 1.29 is 51.7 Å². The third kappa shape index (κ3) is 10.3. The summed E-state index contributed by atoms with van der Waals surface area (Å²) in [6, 6.07) is 0. The maximum Gasteiger partial charge on any atom is 0.529 e. The first-order valence-corrected chi connectivity index (χ1v) is 8.40. The van der Waals surface area contributed by atoms with Crippen molar-refractivity contribution in [1.29, 1.82) is 0 Å². The van der Waals surface area contributed by atoms with Crippen LogP contribution in [0.15, 0.2) is 24.5 Å². The van der Waals surface area contributed by atoms with E-state index < -0.39 is 40.8 Å². The number of esters is 1. The van der Waals surface area contributed by atoms with Crippen molar-refractivity contribution in [3.05, 3.63) is 24.5 Å². The van der Waals surface area contributed by atoms with E-state index in [-0.39, 0.29) is 5.57 Å². The average Bonchev–Trinajstić information content (AvgIpc) is 2.39. The molecule has 1 atom stereocenters. The second kappa shape index (κ2) is 8.84. The number of ether oxygens (including phenoxy) is 1. The van der Waals surface area contributed by atoms with Gasteiger partial charge in [0.1, 0.15) is 12.9 Å². The van der Waals surface area contributed by atoms with E-state index in [2.05, 4.69) is 24.9 Å². The predicted octanol–water partition coefficient (Wildman–Crippen LogP) is 0.389. The molecule has 126 valence electrons. The van der Waals surface area contributed by atoms with Gasteiger partial charge in [0.25, 0.3) is 0 Å². The fourth-order valence-electron chi connectivity index (χ4n) is 0.774. The molecule has 0 bridgehead atoms. The molecule has 0 fully saturated rings. The minimum Gasteiger partial charge on any atom is -0.460 e. The van der Waals surface area contributed by atoms with E-state index >= 15 is 0 Å². The first-order valence-electron chi connectivity index (χ1n) is 5.38. The Hall–Kier alpha value is -1.48. The van der Waals surface area contributed by atoms with Gasteiger partial charge in [-0.2, -0.15) is 0 Å². The third-order valence-electron chi connectivity index (χ3n) is 1.63. The van der Waals surface area contributed by atoms with Gasteiger partial charge in [-0.05, 0) is 6.92 Å². The van der Waals surface area contributed by atoms with Gasteiger partial charge in [-0.3, -0.25) is 19.2 Å². The Morgan fingerprint density at radius 3 is 2.27 bits per heavy atom. The van der Waals surface area contributed by atoms with Crippen molar-refractivity contribution >= 4 is 27.6 Å². The molecule has 0 aliphatic heterocycles. The van der Waals surface area contributed by atoms with Gasteiger partial charge in [0.2, 0.25) is 0 Å². The van der Waals surface area contributed by atoms with Gasteiger partial charge < -0.3 is 13.8 Å². The number of hydrogen-bond donors (Lipinski definition) is 3. The molecule has 0 heterocycles. The Balaban J connectivity index is 4.18. The molecule has 0 rings (SSSR count). The highest BCUT2D eigenvalue weighted by Gasteiger charge is 2.25. The van der Waals surface area contributed by atoms with Crippen LogP contribution in [-0.2, 0) is 37.0 Å². The van der Waals surface area contributed by atoms with Crippen LogP contribution in [0.3, 0.4) is 0 Å². The van der Waals surface area contributed by atoms with Crippen molar-refractivity contribution in [2.75, 3.05) is 13.2 Å². The molecule has 0 saturated carbocycles. The first-order chi connectivity index (χ1) is 9.97. The number of phosphoric acid groups is 2. The highest BCUT2D eigenvalue weighted by atomic mass is 31.2. The molecule has 11 nitrogen and oxygen atoms in total. The Morgan fingerprint density at radius 2 is 1.77 bits per heavy atom. The quantitative estimate of drug-likeness (QED) is 0.171. The van der Waals surface area contributed by atoms with E-state index in [4.69, 9.17) is 14.7 Å². The second-order valence-electron chi connectivity index (χ2n) is 3.45. The summed E-state index contributed by atoms with van der Waals surface area (Å²) in [5, 5.41) is 0. The number of carbonyl (C=O) groups excluding carboxylic acids is 2. The van der Waals surface area contributed by atoms with E-state index in [1.165, 1.54) is 0 Å². The standard InChI is InChI=1S/C9H14O11P2/c1-3-8(10)20-22(15,16)18-5-4-17-9(11)7(2)6-19-21(12,13)14/h3,6H,1,4-5H2,2H3,(H,15,16)(H2,12,13,14). The molecule has 22 heavy (non-hydrogen) atoms. The van der Waals surface area contributed by atoms with Crippen LogP contribution in [0, 0.1) is 0 Å². The minimum absolute atomic E-state index is 0.270. The van der Waals surface area contributed by atoms with E-state index in [0.29, 0.717) is 12.3 Å². The zero-order chi connectivity index (χ0) is 17.4. The Kier molecular flexibility index (Phi) is 8.25. The molecule has 0 aliphatic rings. The lowest BCUT2D eigenvalue weighted by Crippen LogP contribution is -2.12. The predicted molar refractivity (Wildman–Crippen MR) is 69.9 cm³/mol. The van der Waals surface area contributed by atoms with Crippen molar-refractivity contribution in [1.82, 2.24) is 0 Å². The zero-order valence-electron chi connectivity index (χ0n) is 11.3. The van der Waals surface area contributed by atoms with E-state index in [1.54, 1.807) is 0 Å². The van der Waals surface area contributed by atoms with Crippen LogP contribution >= 0.6 is 15.6 Å². The summed E-state index contributed by atoms with van der Waals surface area (Å²) < 4.78 is 38.3. The van der Waals surface area contributed by atoms with Gasteiger partial charge in [0.15, 0.2) is 0 Å². The molecule has 0 aromatic rings. The van der Waals surface area contributed by atoms with Gasteiger partial charge in [0.05, 0.1) is 12.2 Å². The van der Waals surface area contributed by atoms with Crippen LogP contribution in [0.25, 0.3) is 0 Å². The molecule has 0 radical (unpaired) electrons. The largest absolute Gasteiger partial charge is 0.529 e. The van der Waals surface area contributed by atoms with E-state index in [1.807, 2.05) is 0 Å². The fourth-order valence-corrected chi connectivity index (χ4v) is 1.73. The lowest BCUT2D eigenvalue weighted by Gasteiger charge is -2.10. The van der Waals surface area contributed by atoms with E-state index in [9.17, 15) is 18.7 Å². The Labute approximate surface area is 125 Å². The monoisotopic (exact) mass is 360 g/mol. The van der Waals surface area contributed by atoms with Crippen LogP contribution in [0.5, 0.6) is 0 Å². The molecule has 13 heteroatoms. The first kappa shape index (κ1) is 20.5. The molecule has 0 aromatic heterocycles. The molecule has 0 spiro atoms. The number of phosphoric ester groups is 2. The molecule has 0 amide bonds. The van der Waals surface area contributed by atoms with Gasteiger partial charge in [-0.1, -0.05) is 6.58 Å².